The Morgan fingerprint density at radius 1 is 1.19 bits per heavy atom. The van der Waals surface area contributed by atoms with E-state index in [0.29, 0.717) is 11.5 Å². The minimum Gasteiger partial charge on any atom is -0.339 e. The van der Waals surface area contributed by atoms with Crippen molar-refractivity contribution in [2.24, 2.45) is 0 Å². The van der Waals surface area contributed by atoms with Crippen molar-refractivity contribution >= 4 is 5.91 Å². The molecule has 0 aliphatic carbocycles. The molecule has 0 bridgehead atoms. The van der Waals surface area contributed by atoms with Crippen molar-refractivity contribution in [2.75, 3.05) is 13.1 Å². The number of rotatable bonds is 2. The zero-order valence-electron chi connectivity index (χ0n) is 12.2. The molecule has 0 N–H and O–H groups in total. The summed E-state index contributed by atoms with van der Waals surface area (Å²) in [7, 11) is 0. The molecule has 2 aromatic heterocycles. The molecule has 108 valence electrons. The molecule has 1 aliphatic heterocycles. The lowest BCUT2D eigenvalue weighted by Crippen LogP contribution is -2.38. The SMILES string of the molecule is Cc1cccc(C2CCN(C(=O)c3cccnc3)CC2)n1. The minimum atomic E-state index is 0.0822. The molecule has 4 nitrogen and oxygen atoms in total. The van der Waals surface area contributed by atoms with Crippen LogP contribution in [0.2, 0.25) is 0 Å². The molecule has 0 atom stereocenters. The smallest absolute Gasteiger partial charge is 0.255 e. The van der Waals surface area contributed by atoms with Gasteiger partial charge < -0.3 is 4.90 Å². The van der Waals surface area contributed by atoms with E-state index in [1.165, 1.54) is 0 Å². The van der Waals surface area contributed by atoms with Gasteiger partial charge in [0, 0.05) is 42.8 Å². The van der Waals surface area contributed by atoms with E-state index >= 15 is 0 Å². The molecule has 2 aromatic rings. The maximum atomic E-state index is 12.4. The van der Waals surface area contributed by atoms with Crippen LogP contribution >= 0.6 is 0 Å². The van der Waals surface area contributed by atoms with Crippen molar-refractivity contribution < 1.29 is 4.79 Å². The molecule has 0 unspecified atom stereocenters. The lowest BCUT2D eigenvalue weighted by atomic mass is 9.92. The Kier molecular flexibility index (Phi) is 3.95. The summed E-state index contributed by atoms with van der Waals surface area (Å²) in [6.07, 6.45) is 5.27. The fourth-order valence-corrected chi connectivity index (χ4v) is 2.84. The average molecular weight is 281 g/mol. The Bertz CT molecular complexity index is 619. The topological polar surface area (TPSA) is 46.1 Å². The number of pyridine rings is 2. The van der Waals surface area contributed by atoms with Gasteiger partial charge in [-0.2, -0.15) is 0 Å². The third-order valence-corrected chi connectivity index (χ3v) is 4.02. The minimum absolute atomic E-state index is 0.0822. The first-order chi connectivity index (χ1) is 10.2. The number of likely N-dealkylation sites (tertiary alicyclic amines) is 1. The Labute approximate surface area is 124 Å². The molecule has 4 heteroatoms. The maximum absolute atomic E-state index is 12.4. The van der Waals surface area contributed by atoms with E-state index in [9.17, 15) is 4.79 Å². The van der Waals surface area contributed by atoms with Crippen LogP contribution in [0.4, 0.5) is 0 Å². The van der Waals surface area contributed by atoms with Crippen molar-refractivity contribution in [3.05, 3.63) is 59.7 Å². The summed E-state index contributed by atoms with van der Waals surface area (Å²) in [5.74, 6) is 0.543. The summed E-state index contributed by atoms with van der Waals surface area (Å²) in [6, 6.07) is 9.80. The second-order valence-corrected chi connectivity index (χ2v) is 5.51. The quantitative estimate of drug-likeness (QED) is 0.850. The highest BCUT2D eigenvalue weighted by Crippen LogP contribution is 2.27. The van der Waals surface area contributed by atoms with Crippen LogP contribution in [-0.2, 0) is 0 Å². The van der Waals surface area contributed by atoms with Gasteiger partial charge in [0.25, 0.3) is 5.91 Å². The van der Waals surface area contributed by atoms with Crippen LogP contribution in [0, 0.1) is 6.92 Å². The molecular weight excluding hydrogens is 262 g/mol. The van der Waals surface area contributed by atoms with Crippen molar-refractivity contribution in [3.8, 4) is 0 Å². The summed E-state index contributed by atoms with van der Waals surface area (Å²) >= 11 is 0. The van der Waals surface area contributed by atoms with Gasteiger partial charge in [0.2, 0.25) is 0 Å². The van der Waals surface area contributed by atoms with Gasteiger partial charge in [-0.25, -0.2) is 0 Å². The highest BCUT2D eigenvalue weighted by atomic mass is 16.2. The highest BCUT2D eigenvalue weighted by molar-refractivity contribution is 5.93. The van der Waals surface area contributed by atoms with Gasteiger partial charge in [-0.3, -0.25) is 14.8 Å². The predicted octanol–water partition coefficient (Wildman–Crippen LogP) is 2.80. The predicted molar refractivity (Wildman–Crippen MR) is 81.1 cm³/mol. The number of aromatic nitrogens is 2. The van der Waals surface area contributed by atoms with E-state index in [2.05, 4.69) is 22.1 Å². The second kappa shape index (κ2) is 6.04. The molecule has 1 fully saturated rings. The molecule has 21 heavy (non-hydrogen) atoms. The van der Waals surface area contributed by atoms with Crippen LogP contribution in [0.1, 0.15) is 40.5 Å². The number of amides is 1. The Balaban J connectivity index is 1.64. The van der Waals surface area contributed by atoms with Gasteiger partial charge in [0.15, 0.2) is 0 Å². The lowest BCUT2D eigenvalue weighted by molar-refractivity contribution is 0.0711. The maximum Gasteiger partial charge on any atom is 0.255 e. The Morgan fingerprint density at radius 2 is 2.00 bits per heavy atom. The first-order valence-corrected chi connectivity index (χ1v) is 7.37. The Morgan fingerprint density at radius 3 is 2.67 bits per heavy atom. The number of carbonyl (C=O) groups is 1. The van der Waals surface area contributed by atoms with E-state index in [0.717, 1.165) is 37.3 Å². The first-order valence-electron chi connectivity index (χ1n) is 7.37. The third-order valence-electron chi connectivity index (χ3n) is 4.02. The fourth-order valence-electron chi connectivity index (χ4n) is 2.84. The van der Waals surface area contributed by atoms with Gasteiger partial charge in [0.1, 0.15) is 0 Å². The van der Waals surface area contributed by atoms with Crippen LogP contribution in [0.15, 0.2) is 42.7 Å². The number of nitrogens with zero attached hydrogens (tertiary/aromatic N) is 3. The monoisotopic (exact) mass is 281 g/mol. The molecule has 0 saturated carbocycles. The number of piperidine rings is 1. The number of aryl methyl sites for hydroxylation is 1. The largest absolute Gasteiger partial charge is 0.339 e. The zero-order valence-corrected chi connectivity index (χ0v) is 12.2. The summed E-state index contributed by atoms with van der Waals surface area (Å²) in [4.78, 5) is 22.9. The van der Waals surface area contributed by atoms with Crippen LogP contribution in [0.3, 0.4) is 0 Å². The number of hydrogen-bond acceptors (Lipinski definition) is 3. The lowest BCUT2D eigenvalue weighted by Gasteiger charge is -2.31. The molecule has 3 heterocycles. The first kappa shape index (κ1) is 13.7. The van der Waals surface area contributed by atoms with Gasteiger partial charge in [-0.15, -0.1) is 0 Å². The van der Waals surface area contributed by atoms with E-state index < -0.39 is 0 Å². The highest BCUT2D eigenvalue weighted by Gasteiger charge is 2.25. The van der Waals surface area contributed by atoms with Crippen molar-refractivity contribution in [2.45, 2.75) is 25.7 Å². The van der Waals surface area contributed by atoms with Gasteiger partial charge >= 0.3 is 0 Å². The fraction of sp³-hybridized carbons (Fsp3) is 0.353. The third kappa shape index (κ3) is 3.10. The number of carbonyl (C=O) groups excluding carboxylic acids is 1. The van der Waals surface area contributed by atoms with Crippen molar-refractivity contribution in [3.63, 3.8) is 0 Å². The average Bonchev–Trinajstić information content (AvgIpc) is 2.55. The molecule has 1 saturated heterocycles. The van der Waals surface area contributed by atoms with Crippen molar-refractivity contribution in [1.29, 1.82) is 0 Å². The van der Waals surface area contributed by atoms with Crippen LogP contribution < -0.4 is 0 Å². The zero-order chi connectivity index (χ0) is 14.7. The second-order valence-electron chi connectivity index (χ2n) is 5.51. The number of hydrogen-bond donors (Lipinski definition) is 0. The van der Waals surface area contributed by atoms with Crippen molar-refractivity contribution in [1.82, 2.24) is 14.9 Å². The molecule has 1 aliphatic rings. The van der Waals surface area contributed by atoms with Crippen LogP contribution in [-0.4, -0.2) is 33.9 Å². The van der Waals surface area contributed by atoms with E-state index in [-0.39, 0.29) is 5.91 Å². The summed E-state index contributed by atoms with van der Waals surface area (Å²) < 4.78 is 0. The van der Waals surface area contributed by atoms with E-state index in [4.69, 9.17) is 0 Å². The van der Waals surface area contributed by atoms with Crippen LogP contribution in [0.5, 0.6) is 0 Å². The molecule has 0 radical (unpaired) electrons. The Hall–Kier alpha value is -2.23. The van der Waals surface area contributed by atoms with Crippen LogP contribution in [0.25, 0.3) is 0 Å². The summed E-state index contributed by atoms with van der Waals surface area (Å²) in [5.41, 5.74) is 2.88. The molecule has 0 aromatic carbocycles. The molecule has 0 spiro atoms. The normalized spacial score (nSPS) is 16.0. The van der Waals surface area contributed by atoms with Gasteiger partial charge in [-0.05, 0) is 44.0 Å². The van der Waals surface area contributed by atoms with E-state index in [1.54, 1.807) is 18.5 Å². The standard InChI is InChI=1S/C17H19N3O/c1-13-4-2-6-16(19-13)14-7-10-20(11-8-14)17(21)15-5-3-9-18-12-15/h2-6,9,12,14H,7-8,10-11H2,1H3. The van der Waals surface area contributed by atoms with Gasteiger partial charge in [-0.1, -0.05) is 6.07 Å². The summed E-state index contributed by atoms with van der Waals surface area (Å²) in [6.45, 7) is 3.59. The van der Waals surface area contributed by atoms with Gasteiger partial charge in [0.05, 0.1) is 5.56 Å². The van der Waals surface area contributed by atoms with E-state index in [1.807, 2.05) is 24.0 Å². The summed E-state index contributed by atoms with van der Waals surface area (Å²) in [5, 5.41) is 0. The molecule has 3 rings (SSSR count). The molecule has 1 amide bonds. The molecular formula is C17H19N3O.